The quantitative estimate of drug-likeness (QED) is 0.923. The zero-order chi connectivity index (χ0) is 15.8. The summed E-state index contributed by atoms with van der Waals surface area (Å²) in [6, 6.07) is 0.207. The van der Waals surface area contributed by atoms with Gasteiger partial charge in [0.2, 0.25) is 5.91 Å². The van der Waals surface area contributed by atoms with Crippen LogP contribution in [-0.4, -0.2) is 44.8 Å². The molecule has 2 aliphatic rings. The molecule has 4 rings (SSSR count). The second-order valence-electron chi connectivity index (χ2n) is 6.62. The predicted molar refractivity (Wildman–Crippen MR) is 87.0 cm³/mol. The number of hydrogen-bond donors (Lipinski definition) is 1. The van der Waals surface area contributed by atoms with Crippen molar-refractivity contribution in [1.82, 2.24) is 25.1 Å². The molecule has 1 unspecified atom stereocenters. The van der Waals surface area contributed by atoms with Gasteiger partial charge < -0.3 is 10.2 Å². The molecule has 1 N–H and O–H groups in total. The van der Waals surface area contributed by atoms with Crippen LogP contribution in [0.1, 0.15) is 32.1 Å². The summed E-state index contributed by atoms with van der Waals surface area (Å²) in [6.45, 7) is 1.76. The van der Waals surface area contributed by atoms with Gasteiger partial charge >= 0.3 is 0 Å². The van der Waals surface area contributed by atoms with Gasteiger partial charge in [-0.25, -0.2) is 9.97 Å². The molecular formula is C16H22N6O. The number of carbonyl (C=O) groups is 1. The fourth-order valence-corrected chi connectivity index (χ4v) is 3.48. The smallest absolute Gasteiger partial charge is 0.223 e. The first kappa shape index (κ1) is 14.4. The number of fused-ring (bicyclic) bond motifs is 1. The zero-order valence-corrected chi connectivity index (χ0v) is 13.4. The van der Waals surface area contributed by atoms with Crippen LogP contribution in [0.5, 0.6) is 0 Å². The lowest BCUT2D eigenvalue weighted by Crippen LogP contribution is -2.50. The largest absolute Gasteiger partial charge is 0.354 e. The monoisotopic (exact) mass is 314 g/mol. The van der Waals surface area contributed by atoms with E-state index < -0.39 is 0 Å². The molecule has 2 fully saturated rings. The van der Waals surface area contributed by atoms with Crippen molar-refractivity contribution >= 4 is 22.8 Å². The number of rotatable bonds is 3. The van der Waals surface area contributed by atoms with E-state index in [2.05, 4.69) is 25.3 Å². The summed E-state index contributed by atoms with van der Waals surface area (Å²) in [7, 11) is 1.89. The van der Waals surface area contributed by atoms with Crippen LogP contribution in [0.15, 0.2) is 12.5 Å². The Morgan fingerprint density at radius 3 is 2.91 bits per heavy atom. The van der Waals surface area contributed by atoms with E-state index >= 15 is 0 Å². The van der Waals surface area contributed by atoms with E-state index in [0.29, 0.717) is 0 Å². The second kappa shape index (κ2) is 5.79. The predicted octanol–water partition coefficient (Wildman–Crippen LogP) is 1.25. The van der Waals surface area contributed by atoms with E-state index in [9.17, 15) is 4.79 Å². The second-order valence-corrected chi connectivity index (χ2v) is 6.62. The van der Waals surface area contributed by atoms with Crippen LogP contribution in [0, 0.1) is 5.92 Å². The number of anilines is 1. The van der Waals surface area contributed by atoms with E-state index in [1.165, 1.54) is 6.42 Å². The lowest BCUT2D eigenvalue weighted by atomic mass is 9.84. The van der Waals surface area contributed by atoms with Gasteiger partial charge in [-0.3, -0.25) is 9.48 Å². The molecule has 7 nitrogen and oxygen atoms in total. The normalized spacial score (nSPS) is 22.1. The Balaban J connectivity index is 1.51. The summed E-state index contributed by atoms with van der Waals surface area (Å²) in [4.78, 5) is 23.2. The summed E-state index contributed by atoms with van der Waals surface area (Å²) in [5.74, 6) is 1.40. The van der Waals surface area contributed by atoms with E-state index in [4.69, 9.17) is 0 Å². The fraction of sp³-hybridized carbons (Fsp3) is 0.625. The van der Waals surface area contributed by atoms with Crippen molar-refractivity contribution in [2.45, 2.75) is 38.1 Å². The number of aryl methyl sites for hydroxylation is 1. The SMILES string of the molecule is Cn1ncc2c(N3CCCC(NC(=O)C4CCC4)C3)ncnc21. The third kappa shape index (κ3) is 2.64. The minimum atomic E-state index is 0.207. The lowest BCUT2D eigenvalue weighted by Gasteiger charge is -2.35. The van der Waals surface area contributed by atoms with Crippen molar-refractivity contribution in [2.24, 2.45) is 13.0 Å². The number of piperidine rings is 1. The molecule has 1 atom stereocenters. The maximum atomic E-state index is 12.2. The first-order chi connectivity index (χ1) is 11.2. The molecule has 1 amide bonds. The Morgan fingerprint density at radius 2 is 2.13 bits per heavy atom. The number of hydrogen-bond acceptors (Lipinski definition) is 5. The number of nitrogens with zero attached hydrogens (tertiary/aromatic N) is 5. The molecule has 2 aromatic rings. The van der Waals surface area contributed by atoms with E-state index in [-0.39, 0.29) is 17.9 Å². The Hall–Kier alpha value is -2.18. The van der Waals surface area contributed by atoms with E-state index in [1.807, 2.05) is 13.2 Å². The van der Waals surface area contributed by atoms with Crippen LogP contribution in [-0.2, 0) is 11.8 Å². The Morgan fingerprint density at radius 1 is 1.26 bits per heavy atom. The Labute approximate surface area is 135 Å². The molecular weight excluding hydrogens is 292 g/mol. The number of nitrogens with one attached hydrogen (secondary N) is 1. The van der Waals surface area contributed by atoms with Gasteiger partial charge in [-0.2, -0.15) is 5.10 Å². The van der Waals surface area contributed by atoms with Gasteiger partial charge in [-0.05, 0) is 25.7 Å². The van der Waals surface area contributed by atoms with Crippen molar-refractivity contribution < 1.29 is 4.79 Å². The maximum absolute atomic E-state index is 12.2. The highest BCUT2D eigenvalue weighted by molar-refractivity contribution is 5.86. The van der Waals surface area contributed by atoms with Gasteiger partial charge in [-0.1, -0.05) is 6.42 Å². The van der Waals surface area contributed by atoms with Crippen molar-refractivity contribution in [1.29, 1.82) is 0 Å². The molecule has 122 valence electrons. The highest BCUT2D eigenvalue weighted by Crippen LogP contribution is 2.28. The first-order valence-corrected chi connectivity index (χ1v) is 8.40. The molecule has 0 bridgehead atoms. The van der Waals surface area contributed by atoms with Crippen LogP contribution in [0.3, 0.4) is 0 Å². The van der Waals surface area contributed by atoms with Gasteiger partial charge in [-0.15, -0.1) is 0 Å². The molecule has 1 saturated carbocycles. The zero-order valence-electron chi connectivity index (χ0n) is 13.4. The molecule has 7 heteroatoms. The molecule has 1 saturated heterocycles. The number of amides is 1. The highest BCUT2D eigenvalue weighted by Gasteiger charge is 2.29. The van der Waals surface area contributed by atoms with Crippen LogP contribution in [0.4, 0.5) is 5.82 Å². The van der Waals surface area contributed by atoms with Crippen molar-refractivity contribution in [2.75, 3.05) is 18.0 Å². The summed E-state index contributed by atoms with van der Waals surface area (Å²) in [5, 5.41) is 8.48. The molecule has 3 heterocycles. The third-order valence-corrected chi connectivity index (χ3v) is 5.05. The van der Waals surface area contributed by atoms with Gasteiger partial charge in [0.1, 0.15) is 12.1 Å². The summed E-state index contributed by atoms with van der Waals surface area (Å²) >= 11 is 0. The molecule has 0 radical (unpaired) electrons. The topological polar surface area (TPSA) is 75.9 Å². The average molecular weight is 314 g/mol. The van der Waals surface area contributed by atoms with Gasteiger partial charge in [0.25, 0.3) is 0 Å². The van der Waals surface area contributed by atoms with Crippen molar-refractivity contribution in [3.8, 4) is 0 Å². The van der Waals surface area contributed by atoms with Gasteiger partial charge in [0.15, 0.2) is 5.65 Å². The Kier molecular flexibility index (Phi) is 3.63. The number of aromatic nitrogens is 4. The first-order valence-electron chi connectivity index (χ1n) is 8.40. The van der Waals surface area contributed by atoms with Crippen molar-refractivity contribution in [3.63, 3.8) is 0 Å². The summed E-state index contributed by atoms with van der Waals surface area (Å²) < 4.78 is 1.76. The molecule has 1 aliphatic heterocycles. The average Bonchev–Trinajstić information content (AvgIpc) is 2.87. The van der Waals surface area contributed by atoms with Crippen LogP contribution >= 0.6 is 0 Å². The van der Waals surface area contributed by atoms with Crippen molar-refractivity contribution in [3.05, 3.63) is 12.5 Å². The van der Waals surface area contributed by atoms with E-state index in [1.54, 1.807) is 11.0 Å². The molecule has 0 aromatic carbocycles. The van der Waals surface area contributed by atoms with Gasteiger partial charge in [0, 0.05) is 32.1 Å². The fourth-order valence-electron chi connectivity index (χ4n) is 3.48. The highest BCUT2D eigenvalue weighted by atomic mass is 16.2. The number of carbonyl (C=O) groups excluding carboxylic acids is 1. The standard InChI is InChI=1S/C16H22N6O/c1-21-14-13(8-19-21)15(18-10-17-14)22-7-3-6-12(9-22)20-16(23)11-4-2-5-11/h8,10-12H,2-7,9H2,1H3,(H,20,23). The van der Waals surface area contributed by atoms with E-state index in [0.717, 1.165) is 55.6 Å². The van der Waals surface area contributed by atoms with Crippen LogP contribution in [0.2, 0.25) is 0 Å². The minimum Gasteiger partial charge on any atom is -0.354 e. The van der Waals surface area contributed by atoms with Gasteiger partial charge in [0.05, 0.1) is 11.6 Å². The molecule has 2 aromatic heterocycles. The summed E-state index contributed by atoms with van der Waals surface area (Å²) in [6.07, 6.45) is 8.79. The molecule has 23 heavy (non-hydrogen) atoms. The minimum absolute atomic E-state index is 0.207. The van der Waals surface area contributed by atoms with Crippen LogP contribution < -0.4 is 10.2 Å². The third-order valence-electron chi connectivity index (χ3n) is 5.05. The molecule has 0 spiro atoms. The summed E-state index contributed by atoms with van der Waals surface area (Å²) in [5.41, 5.74) is 0.843. The lowest BCUT2D eigenvalue weighted by molar-refractivity contribution is -0.128. The molecule has 1 aliphatic carbocycles. The Bertz CT molecular complexity index is 722. The maximum Gasteiger partial charge on any atom is 0.223 e. The van der Waals surface area contributed by atoms with Crippen LogP contribution in [0.25, 0.3) is 11.0 Å².